The molecular formula is C24H21N2O3P. The molecule has 4 aromatic rings. The molecule has 0 aromatic heterocycles. The summed E-state index contributed by atoms with van der Waals surface area (Å²) in [6.45, 7) is 0.279. The zero-order valence-electron chi connectivity index (χ0n) is 16.2. The van der Waals surface area contributed by atoms with E-state index in [1.807, 2.05) is 66.7 Å². The molecule has 0 aliphatic heterocycles. The number of carbonyl (C=O) groups excluding carboxylic acids is 1. The highest BCUT2D eigenvalue weighted by Crippen LogP contribution is 2.40. The number of nitrogens with one attached hydrogen (secondary N) is 2. The average Bonchev–Trinajstić information content (AvgIpc) is 2.79. The highest BCUT2D eigenvalue weighted by molar-refractivity contribution is 7.55. The molecule has 0 heterocycles. The van der Waals surface area contributed by atoms with Gasteiger partial charge in [-0.25, -0.2) is 9.65 Å². The Bertz CT molecular complexity index is 1200. The normalized spacial score (nSPS) is 12.8. The summed E-state index contributed by atoms with van der Waals surface area (Å²) in [6, 6.07) is 31.4. The Morgan fingerprint density at radius 1 is 0.767 bits per heavy atom. The SMILES string of the molecule is O=C(NP(=O)(NCc1ccccc1)Oc1ccc2ccccc2c1)c1ccccc1. The molecule has 0 fully saturated rings. The second-order valence-electron chi connectivity index (χ2n) is 6.78. The highest BCUT2D eigenvalue weighted by atomic mass is 31.2. The first-order chi connectivity index (χ1) is 14.6. The largest absolute Gasteiger partial charge is 0.419 e. The lowest BCUT2D eigenvalue weighted by atomic mass is 10.1. The van der Waals surface area contributed by atoms with Gasteiger partial charge in [0.2, 0.25) is 0 Å². The van der Waals surface area contributed by atoms with Crippen molar-refractivity contribution in [1.82, 2.24) is 10.2 Å². The van der Waals surface area contributed by atoms with E-state index in [4.69, 9.17) is 4.52 Å². The van der Waals surface area contributed by atoms with Crippen LogP contribution >= 0.6 is 7.67 Å². The van der Waals surface area contributed by atoms with Gasteiger partial charge in [0, 0.05) is 12.1 Å². The molecule has 2 N–H and O–H groups in total. The van der Waals surface area contributed by atoms with E-state index < -0.39 is 13.6 Å². The molecule has 4 rings (SSSR count). The Labute approximate surface area is 175 Å². The summed E-state index contributed by atoms with van der Waals surface area (Å²) in [4.78, 5) is 12.7. The van der Waals surface area contributed by atoms with Crippen LogP contribution in [0.2, 0.25) is 0 Å². The lowest BCUT2D eigenvalue weighted by Crippen LogP contribution is -2.30. The van der Waals surface area contributed by atoms with Crippen LogP contribution in [0.1, 0.15) is 15.9 Å². The van der Waals surface area contributed by atoms with Crippen molar-refractivity contribution < 1.29 is 13.9 Å². The minimum atomic E-state index is -3.76. The van der Waals surface area contributed by atoms with Gasteiger partial charge in [0.15, 0.2) is 0 Å². The van der Waals surface area contributed by atoms with Crippen molar-refractivity contribution in [3.05, 3.63) is 114 Å². The highest BCUT2D eigenvalue weighted by Gasteiger charge is 2.28. The number of fused-ring (bicyclic) bond motifs is 1. The van der Waals surface area contributed by atoms with E-state index in [-0.39, 0.29) is 6.54 Å². The smallest absolute Gasteiger partial charge is 0.418 e. The van der Waals surface area contributed by atoms with Crippen molar-refractivity contribution in [2.24, 2.45) is 0 Å². The van der Waals surface area contributed by atoms with Crippen molar-refractivity contribution in [2.75, 3.05) is 0 Å². The number of hydrogen-bond acceptors (Lipinski definition) is 3. The zero-order chi connectivity index (χ0) is 20.8. The first-order valence-electron chi connectivity index (χ1n) is 9.56. The average molecular weight is 416 g/mol. The quantitative estimate of drug-likeness (QED) is 0.388. The lowest BCUT2D eigenvalue weighted by Gasteiger charge is -2.21. The van der Waals surface area contributed by atoms with Gasteiger partial charge in [0.25, 0.3) is 5.91 Å². The fourth-order valence-electron chi connectivity index (χ4n) is 3.05. The van der Waals surface area contributed by atoms with Crippen molar-refractivity contribution in [1.29, 1.82) is 0 Å². The third-order valence-corrected chi connectivity index (χ3v) is 6.11. The minimum Gasteiger partial charge on any atom is -0.418 e. The molecule has 0 saturated heterocycles. The van der Waals surface area contributed by atoms with Gasteiger partial charge in [0.1, 0.15) is 5.75 Å². The van der Waals surface area contributed by atoms with E-state index in [9.17, 15) is 9.36 Å². The molecule has 1 amide bonds. The summed E-state index contributed by atoms with van der Waals surface area (Å²) in [5.74, 6) is -0.0637. The molecule has 4 aromatic carbocycles. The summed E-state index contributed by atoms with van der Waals surface area (Å²) in [6.07, 6.45) is 0. The van der Waals surface area contributed by atoms with E-state index in [0.29, 0.717) is 11.3 Å². The molecule has 0 saturated carbocycles. The number of carbonyl (C=O) groups is 1. The van der Waals surface area contributed by atoms with Crippen molar-refractivity contribution in [3.63, 3.8) is 0 Å². The maximum atomic E-state index is 13.6. The summed E-state index contributed by atoms with van der Waals surface area (Å²) in [5.41, 5.74) is 1.33. The van der Waals surface area contributed by atoms with Crippen LogP contribution in [-0.2, 0) is 11.1 Å². The van der Waals surface area contributed by atoms with Gasteiger partial charge < -0.3 is 4.52 Å². The van der Waals surface area contributed by atoms with Crippen LogP contribution in [0.25, 0.3) is 10.8 Å². The predicted molar refractivity (Wildman–Crippen MR) is 119 cm³/mol. The van der Waals surface area contributed by atoms with Gasteiger partial charge in [-0.1, -0.05) is 78.9 Å². The fraction of sp³-hybridized carbons (Fsp3) is 0.0417. The minimum absolute atomic E-state index is 0.279. The molecule has 0 aliphatic carbocycles. The Kier molecular flexibility index (Phi) is 5.94. The van der Waals surface area contributed by atoms with Gasteiger partial charge >= 0.3 is 7.67 Å². The summed E-state index contributed by atoms with van der Waals surface area (Å²) in [7, 11) is -3.76. The molecule has 5 nitrogen and oxygen atoms in total. The molecule has 0 bridgehead atoms. The van der Waals surface area contributed by atoms with Crippen molar-refractivity contribution in [2.45, 2.75) is 6.54 Å². The van der Waals surface area contributed by atoms with E-state index in [2.05, 4.69) is 10.2 Å². The monoisotopic (exact) mass is 416 g/mol. The van der Waals surface area contributed by atoms with Crippen LogP contribution < -0.4 is 14.7 Å². The third-order valence-electron chi connectivity index (χ3n) is 4.57. The first kappa shape index (κ1) is 19.9. The van der Waals surface area contributed by atoms with E-state index in [0.717, 1.165) is 16.3 Å². The summed E-state index contributed by atoms with van der Waals surface area (Å²) >= 11 is 0. The number of rotatable bonds is 7. The summed E-state index contributed by atoms with van der Waals surface area (Å²) in [5, 5.41) is 7.47. The molecule has 6 heteroatoms. The van der Waals surface area contributed by atoms with Crippen LogP contribution in [0, 0.1) is 0 Å². The fourth-order valence-corrected chi connectivity index (χ4v) is 4.43. The van der Waals surface area contributed by atoms with Crippen LogP contribution in [0.15, 0.2) is 103 Å². The van der Waals surface area contributed by atoms with Crippen molar-refractivity contribution >= 4 is 24.3 Å². The molecular weight excluding hydrogens is 395 g/mol. The molecule has 1 atom stereocenters. The third kappa shape index (κ3) is 4.95. The molecule has 1 unspecified atom stereocenters. The molecule has 30 heavy (non-hydrogen) atoms. The van der Waals surface area contributed by atoms with E-state index >= 15 is 0 Å². The summed E-state index contributed by atoms with van der Waals surface area (Å²) < 4.78 is 19.4. The number of benzene rings is 4. The topological polar surface area (TPSA) is 67.4 Å². The first-order valence-corrected chi connectivity index (χ1v) is 11.2. The predicted octanol–water partition coefficient (Wildman–Crippen LogP) is 5.55. The molecule has 0 spiro atoms. The Balaban J connectivity index is 1.59. The van der Waals surface area contributed by atoms with E-state index in [1.165, 1.54) is 0 Å². The second-order valence-corrected chi connectivity index (χ2v) is 8.60. The Hall–Kier alpha value is -3.40. The zero-order valence-corrected chi connectivity index (χ0v) is 17.1. The maximum Gasteiger partial charge on any atom is 0.419 e. The van der Waals surface area contributed by atoms with Crippen LogP contribution in [0.5, 0.6) is 5.75 Å². The van der Waals surface area contributed by atoms with Gasteiger partial charge in [0.05, 0.1) is 0 Å². The molecule has 0 radical (unpaired) electrons. The van der Waals surface area contributed by atoms with Gasteiger partial charge in [-0.15, -0.1) is 0 Å². The van der Waals surface area contributed by atoms with Crippen LogP contribution in [0.3, 0.4) is 0 Å². The van der Waals surface area contributed by atoms with E-state index in [1.54, 1.807) is 36.4 Å². The number of hydrogen-bond donors (Lipinski definition) is 2. The standard InChI is InChI=1S/C24H21N2O3P/c27-24(21-12-5-2-6-13-21)26-30(28,25-18-19-9-3-1-4-10-19)29-23-16-15-20-11-7-8-14-22(20)17-23/h1-17H,18H2,(H2,25,26,27,28). The van der Waals surface area contributed by atoms with Gasteiger partial charge in [-0.2, -0.15) is 0 Å². The second kappa shape index (κ2) is 8.95. The van der Waals surface area contributed by atoms with Gasteiger partial charge in [-0.05, 0) is 40.6 Å². The molecule has 150 valence electrons. The molecule has 0 aliphatic rings. The maximum absolute atomic E-state index is 13.6. The Morgan fingerprint density at radius 2 is 1.40 bits per heavy atom. The van der Waals surface area contributed by atoms with Gasteiger partial charge in [-0.3, -0.25) is 9.88 Å². The van der Waals surface area contributed by atoms with Crippen LogP contribution in [-0.4, -0.2) is 5.91 Å². The Morgan fingerprint density at radius 3 is 2.13 bits per heavy atom. The van der Waals surface area contributed by atoms with Crippen LogP contribution in [0.4, 0.5) is 0 Å². The lowest BCUT2D eigenvalue weighted by molar-refractivity contribution is 0.0977. The van der Waals surface area contributed by atoms with Crippen molar-refractivity contribution in [3.8, 4) is 5.75 Å². The number of amides is 1.